The first-order chi connectivity index (χ1) is 7.08. The quantitative estimate of drug-likeness (QED) is 0.464. The van der Waals surface area contributed by atoms with Crippen LogP contribution in [0.1, 0.15) is 25.7 Å². The molecule has 6 heteroatoms. The fraction of sp³-hybridized carbons (Fsp3) is 1.00. The zero-order valence-corrected chi connectivity index (χ0v) is 10.2. The summed E-state index contributed by atoms with van der Waals surface area (Å²) in [7, 11) is 1.72. The Morgan fingerprint density at radius 1 is 1.13 bits per heavy atom. The summed E-state index contributed by atoms with van der Waals surface area (Å²) in [5.74, 6) is 0.0243. The van der Waals surface area contributed by atoms with Crippen LogP contribution in [0.2, 0.25) is 0 Å². The van der Waals surface area contributed by atoms with Crippen LogP contribution in [-0.4, -0.2) is 40.1 Å². The summed E-state index contributed by atoms with van der Waals surface area (Å²) in [4.78, 5) is 0. The van der Waals surface area contributed by atoms with E-state index in [4.69, 9.17) is 20.2 Å². The van der Waals surface area contributed by atoms with Crippen molar-refractivity contribution in [2.45, 2.75) is 31.8 Å². The third-order valence-electron chi connectivity index (χ3n) is 2.03. The Kier molecular flexibility index (Phi) is 5.89. The highest BCUT2D eigenvalue weighted by molar-refractivity contribution is 8.13. The molecular weight excluding hydrogens is 240 g/mol. The molecule has 0 radical (unpaired) electrons. The molecule has 0 heterocycles. The minimum Gasteiger partial charge on any atom is -0.379 e. The summed E-state index contributed by atoms with van der Waals surface area (Å²) in [6.45, 7) is 1.79. The lowest BCUT2D eigenvalue weighted by Gasteiger charge is -2.04. The van der Waals surface area contributed by atoms with Gasteiger partial charge in [-0.1, -0.05) is 0 Å². The number of hydrogen-bond donors (Lipinski definition) is 0. The maximum atomic E-state index is 10.6. The van der Waals surface area contributed by atoms with Crippen LogP contribution in [0, 0.1) is 0 Å². The van der Waals surface area contributed by atoms with E-state index in [9.17, 15) is 8.42 Å². The van der Waals surface area contributed by atoms with Gasteiger partial charge in [0.2, 0.25) is 9.05 Å². The first kappa shape index (κ1) is 13.2. The number of ether oxygens (including phenoxy) is 2. The Morgan fingerprint density at radius 3 is 2.47 bits per heavy atom. The number of hydrogen-bond acceptors (Lipinski definition) is 4. The molecule has 1 aliphatic rings. The third kappa shape index (κ3) is 9.11. The zero-order chi connectivity index (χ0) is 11.1. The maximum Gasteiger partial charge on any atom is 0.232 e. The molecule has 90 valence electrons. The van der Waals surface area contributed by atoms with E-state index in [1.807, 2.05) is 0 Å². The van der Waals surface area contributed by atoms with E-state index >= 15 is 0 Å². The van der Waals surface area contributed by atoms with Crippen molar-refractivity contribution < 1.29 is 17.9 Å². The molecule has 0 amide bonds. The Balaban J connectivity index is 1.76. The number of halogens is 1. The second-order valence-electron chi connectivity index (χ2n) is 3.63. The number of rotatable bonds is 9. The highest BCUT2D eigenvalue weighted by atomic mass is 35.7. The highest BCUT2D eigenvalue weighted by Gasteiger charge is 2.21. The molecule has 1 rings (SSSR count). The van der Waals surface area contributed by atoms with Gasteiger partial charge >= 0.3 is 0 Å². The third-order valence-corrected chi connectivity index (χ3v) is 3.27. The maximum absolute atomic E-state index is 10.6. The fourth-order valence-corrected chi connectivity index (χ4v) is 1.97. The summed E-state index contributed by atoms with van der Waals surface area (Å²) in [5.41, 5.74) is 0. The van der Waals surface area contributed by atoms with Gasteiger partial charge in [0.15, 0.2) is 0 Å². The van der Waals surface area contributed by atoms with E-state index < -0.39 is 9.05 Å². The zero-order valence-electron chi connectivity index (χ0n) is 8.65. The molecule has 1 saturated carbocycles. The molecular formula is C9H17ClO4S. The van der Waals surface area contributed by atoms with Gasteiger partial charge in [-0.05, 0) is 25.7 Å². The van der Waals surface area contributed by atoms with Gasteiger partial charge in [-0.2, -0.15) is 0 Å². The van der Waals surface area contributed by atoms with Crippen LogP contribution in [-0.2, 0) is 18.5 Å². The van der Waals surface area contributed by atoms with Gasteiger partial charge in [0.25, 0.3) is 0 Å². The van der Waals surface area contributed by atoms with Crippen LogP contribution < -0.4 is 0 Å². The summed E-state index contributed by atoms with van der Waals surface area (Å²) in [5, 5.41) is 0. The summed E-state index contributed by atoms with van der Waals surface area (Å²) >= 11 is 0. The van der Waals surface area contributed by atoms with Gasteiger partial charge in [0, 0.05) is 17.3 Å². The highest BCUT2D eigenvalue weighted by Crippen LogP contribution is 2.22. The molecule has 0 saturated heterocycles. The molecule has 0 N–H and O–H groups in total. The average Bonchev–Trinajstić information content (AvgIpc) is 2.91. The van der Waals surface area contributed by atoms with E-state index in [2.05, 4.69) is 0 Å². The van der Waals surface area contributed by atoms with E-state index in [1.54, 1.807) is 0 Å². The van der Waals surface area contributed by atoms with Crippen molar-refractivity contribution in [2.24, 2.45) is 0 Å². The molecule has 1 aliphatic carbocycles. The second kappa shape index (κ2) is 6.68. The Bertz CT molecular complexity index is 261. The lowest BCUT2D eigenvalue weighted by atomic mass is 10.4. The van der Waals surface area contributed by atoms with Crippen LogP contribution in [0.3, 0.4) is 0 Å². The summed E-state index contributed by atoms with van der Waals surface area (Å²) < 4.78 is 31.7. The molecule has 1 fully saturated rings. The lowest BCUT2D eigenvalue weighted by Crippen LogP contribution is -2.07. The van der Waals surface area contributed by atoms with E-state index in [1.165, 1.54) is 12.8 Å². The molecule has 15 heavy (non-hydrogen) atoms. The monoisotopic (exact) mass is 256 g/mol. The molecule has 0 atom stereocenters. The van der Waals surface area contributed by atoms with Crippen molar-refractivity contribution in [1.82, 2.24) is 0 Å². The molecule has 0 aliphatic heterocycles. The fourth-order valence-electron chi connectivity index (χ4n) is 1.09. The second-order valence-corrected chi connectivity index (χ2v) is 6.53. The van der Waals surface area contributed by atoms with Crippen molar-refractivity contribution in [2.75, 3.05) is 25.6 Å². The van der Waals surface area contributed by atoms with Gasteiger partial charge in [-0.3, -0.25) is 0 Å². The number of unbranched alkanes of at least 4 members (excludes halogenated alkanes) is 1. The largest absolute Gasteiger partial charge is 0.379 e. The van der Waals surface area contributed by atoms with E-state index in [0.29, 0.717) is 32.3 Å². The standard InChI is InChI=1S/C9H17ClO4S/c10-15(11,12)8-2-1-5-13-6-7-14-9-3-4-9/h9H,1-8H2. The van der Waals surface area contributed by atoms with Crippen LogP contribution in [0.25, 0.3) is 0 Å². The van der Waals surface area contributed by atoms with Gasteiger partial charge < -0.3 is 9.47 Å². The van der Waals surface area contributed by atoms with Crippen molar-refractivity contribution >= 4 is 19.7 Å². The minimum atomic E-state index is -3.33. The molecule has 0 bridgehead atoms. The van der Waals surface area contributed by atoms with E-state index in [0.717, 1.165) is 6.42 Å². The smallest absolute Gasteiger partial charge is 0.232 e. The van der Waals surface area contributed by atoms with Crippen molar-refractivity contribution in [3.05, 3.63) is 0 Å². The predicted molar refractivity (Wildman–Crippen MR) is 58.7 cm³/mol. The van der Waals surface area contributed by atoms with Crippen LogP contribution in [0.5, 0.6) is 0 Å². The van der Waals surface area contributed by atoms with E-state index in [-0.39, 0.29) is 5.75 Å². The van der Waals surface area contributed by atoms with Gasteiger partial charge in [-0.15, -0.1) is 0 Å². The first-order valence-corrected chi connectivity index (χ1v) is 7.67. The molecule has 0 spiro atoms. The first-order valence-electron chi connectivity index (χ1n) is 5.19. The SMILES string of the molecule is O=S(=O)(Cl)CCCCOCCOC1CC1. The summed E-state index contributed by atoms with van der Waals surface area (Å²) in [6.07, 6.45) is 4.08. The van der Waals surface area contributed by atoms with Crippen LogP contribution >= 0.6 is 10.7 Å². The molecule has 0 aromatic heterocycles. The topological polar surface area (TPSA) is 52.6 Å². The molecule has 0 aromatic carbocycles. The predicted octanol–water partition coefficient (Wildman–Crippen LogP) is 1.53. The molecule has 0 unspecified atom stereocenters. The van der Waals surface area contributed by atoms with Crippen molar-refractivity contribution in [1.29, 1.82) is 0 Å². The molecule has 4 nitrogen and oxygen atoms in total. The minimum absolute atomic E-state index is 0.0243. The normalized spacial score (nSPS) is 16.9. The molecule has 0 aromatic rings. The Hall–Kier alpha value is 0.160. The Labute approximate surface area is 95.3 Å². The van der Waals surface area contributed by atoms with Gasteiger partial charge in [0.1, 0.15) is 0 Å². The van der Waals surface area contributed by atoms with Crippen molar-refractivity contribution in [3.63, 3.8) is 0 Å². The van der Waals surface area contributed by atoms with Crippen molar-refractivity contribution in [3.8, 4) is 0 Å². The lowest BCUT2D eigenvalue weighted by molar-refractivity contribution is 0.0393. The van der Waals surface area contributed by atoms with Crippen LogP contribution in [0.15, 0.2) is 0 Å². The Morgan fingerprint density at radius 2 is 1.87 bits per heavy atom. The van der Waals surface area contributed by atoms with Gasteiger partial charge in [0.05, 0.1) is 25.1 Å². The summed E-state index contributed by atoms with van der Waals surface area (Å²) in [6, 6.07) is 0. The van der Waals surface area contributed by atoms with Gasteiger partial charge in [-0.25, -0.2) is 8.42 Å². The van der Waals surface area contributed by atoms with Crippen LogP contribution in [0.4, 0.5) is 0 Å². The average molecular weight is 257 g/mol.